The molecule has 2 rings (SSSR count). The Kier molecular flexibility index (Phi) is 3.34. The fourth-order valence-electron chi connectivity index (χ4n) is 1.38. The van der Waals surface area contributed by atoms with Gasteiger partial charge in [0, 0.05) is 23.2 Å². The predicted molar refractivity (Wildman–Crippen MR) is 64.7 cm³/mol. The number of nitrogens with one attached hydrogen (secondary N) is 1. The van der Waals surface area contributed by atoms with Crippen molar-refractivity contribution in [2.24, 2.45) is 0 Å². The normalized spacial score (nSPS) is 10.2. The average Bonchev–Trinajstić information content (AvgIpc) is 2.78. The van der Waals surface area contributed by atoms with Crippen molar-refractivity contribution in [2.45, 2.75) is 6.54 Å². The Hall–Kier alpha value is -1.95. The van der Waals surface area contributed by atoms with E-state index >= 15 is 0 Å². The van der Waals surface area contributed by atoms with Crippen molar-refractivity contribution in [2.75, 3.05) is 5.32 Å². The van der Waals surface area contributed by atoms with E-state index in [1.807, 2.05) is 17.5 Å². The Labute approximate surface area is 101 Å². The second-order valence-corrected chi connectivity index (χ2v) is 4.42. The highest BCUT2D eigenvalue weighted by molar-refractivity contribution is 7.09. The fraction of sp³-hybridized carbons (Fsp3) is 0.0909. The van der Waals surface area contributed by atoms with Crippen LogP contribution in [0.1, 0.15) is 4.88 Å². The summed E-state index contributed by atoms with van der Waals surface area (Å²) in [5.74, 6) is -0.618. The van der Waals surface area contributed by atoms with E-state index in [-0.39, 0.29) is 5.69 Å². The molecule has 0 atom stereocenters. The molecule has 0 aliphatic rings. The Morgan fingerprint density at radius 3 is 2.88 bits per heavy atom. The molecule has 0 amide bonds. The topological polar surface area (TPSA) is 55.2 Å². The first kappa shape index (κ1) is 11.5. The third-order valence-corrected chi connectivity index (χ3v) is 3.02. The molecule has 0 bridgehead atoms. The third kappa shape index (κ3) is 3.01. The minimum atomic E-state index is -0.618. The standard InChI is InChI=1S/C11H9FN2O2S/c12-8-4-9(6-10(5-8)14(15)16)13-7-11-2-1-3-17-11/h1-6,13H,7H2. The van der Waals surface area contributed by atoms with E-state index in [0.29, 0.717) is 12.2 Å². The van der Waals surface area contributed by atoms with Crippen LogP contribution in [0.3, 0.4) is 0 Å². The van der Waals surface area contributed by atoms with E-state index in [9.17, 15) is 14.5 Å². The van der Waals surface area contributed by atoms with E-state index in [2.05, 4.69) is 5.32 Å². The van der Waals surface area contributed by atoms with Crippen molar-refractivity contribution < 1.29 is 9.31 Å². The monoisotopic (exact) mass is 252 g/mol. The zero-order chi connectivity index (χ0) is 12.3. The van der Waals surface area contributed by atoms with Gasteiger partial charge in [-0.25, -0.2) is 4.39 Å². The minimum absolute atomic E-state index is 0.251. The summed E-state index contributed by atoms with van der Waals surface area (Å²) in [4.78, 5) is 11.0. The number of benzene rings is 1. The highest BCUT2D eigenvalue weighted by atomic mass is 32.1. The van der Waals surface area contributed by atoms with Crippen LogP contribution in [0.25, 0.3) is 0 Å². The molecule has 0 unspecified atom stereocenters. The van der Waals surface area contributed by atoms with Crippen molar-refractivity contribution in [1.82, 2.24) is 0 Å². The van der Waals surface area contributed by atoms with Crippen LogP contribution in [0.4, 0.5) is 15.8 Å². The predicted octanol–water partition coefficient (Wildman–Crippen LogP) is 3.41. The number of hydrogen-bond acceptors (Lipinski definition) is 4. The van der Waals surface area contributed by atoms with Crippen molar-refractivity contribution in [3.05, 3.63) is 56.5 Å². The molecule has 6 heteroatoms. The molecule has 88 valence electrons. The molecule has 1 heterocycles. The molecule has 1 N–H and O–H groups in total. The van der Waals surface area contributed by atoms with Gasteiger partial charge in [-0.15, -0.1) is 11.3 Å². The van der Waals surface area contributed by atoms with Crippen molar-refractivity contribution in [1.29, 1.82) is 0 Å². The zero-order valence-electron chi connectivity index (χ0n) is 8.72. The molecule has 4 nitrogen and oxygen atoms in total. The van der Waals surface area contributed by atoms with Gasteiger partial charge in [0.25, 0.3) is 5.69 Å². The maximum Gasteiger partial charge on any atom is 0.274 e. The van der Waals surface area contributed by atoms with Gasteiger partial charge in [0.1, 0.15) is 5.82 Å². The summed E-state index contributed by atoms with van der Waals surface area (Å²) in [7, 11) is 0. The average molecular weight is 252 g/mol. The minimum Gasteiger partial charge on any atom is -0.380 e. The molecule has 0 aliphatic heterocycles. The largest absolute Gasteiger partial charge is 0.380 e. The first-order valence-electron chi connectivity index (χ1n) is 4.86. The molecule has 0 spiro atoms. The molecule has 0 saturated heterocycles. The summed E-state index contributed by atoms with van der Waals surface area (Å²) < 4.78 is 13.1. The van der Waals surface area contributed by atoms with Gasteiger partial charge in [-0.1, -0.05) is 6.07 Å². The first-order valence-corrected chi connectivity index (χ1v) is 5.74. The summed E-state index contributed by atoms with van der Waals surface area (Å²) in [5, 5.41) is 15.4. The van der Waals surface area contributed by atoms with Crippen LogP contribution in [0.5, 0.6) is 0 Å². The van der Waals surface area contributed by atoms with Gasteiger partial charge in [-0.05, 0) is 17.5 Å². The van der Waals surface area contributed by atoms with Crippen molar-refractivity contribution >= 4 is 22.7 Å². The quantitative estimate of drug-likeness (QED) is 0.670. The number of non-ortho nitro benzene ring substituents is 1. The lowest BCUT2D eigenvalue weighted by molar-refractivity contribution is -0.385. The molecular weight excluding hydrogens is 243 g/mol. The number of rotatable bonds is 4. The van der Waals surface area contributed by atoms with Gasteiger partial charge in [0.05, 0.1) is 11.0 Å². The molecular formula is C11H9FN2O2S. The molecule has 1 aromatic carbocycles. The van der Waals surface area contributed by atoms with Crippen LogP contribution in [-0.2, 0) is 6.54 Å². The SMILES string of the molecule is O=[N+]([O-])c1cc(F)cc(NCc2cccs2)c1. The Balaban J connectivity index is 2.13. The van der Waals surface area contributed by atoms with Crippen LogP contribution < -0.4 is 5.32 Å². The van der Waals surface area contributed by atoms with Crippen LogP contribution in [0.15, 0.2) is 35.7 Å². The van der Waals surface area contributed by atoms with Gasteiger partial charge in [0.2, 0.25) is 0 Å². The van der Waals surface area contributed by atoms with E-state index < -0.39 is 10.7 Å². The summed E-state index contributed by atoms with van der Waals surface area (Å²) in [6, 6.07) is 7.30. The van der Waals surface area contributed by atoms with Crippen LogP contribution in [0.2, 0.25) is 0 Å². The molecule has 0 fully saturated rings. The lowest BCUT2D eigenvalue weighted by atomic mass is 10.2. The van der Waals surface area contributed by atoms with Gasteiger partial charge >= 0.3 is 0 Å². The number of halogens is 1. The second-order valence-electron chi connectivity index (χ2n) is 3.39. The summed E-state index contributed by atoms with van der Waals surface area (Å²) in [6.45, 7) is 0.526. The third-order valence-electron chi connectivity index (χ3n) is 2.14. The maximum atomic E-state index is 13.1. The lowest BCUT2D eigenvalue weighted by Gasteiger charge is -2.04. The number of nitrogens with zero attached hydrogens (tertiary/aromatic N) is 1. The fourth-order valence-corrected chi connectivity index (χ4v) is 2.03. The van der Waals surface area contributed by atoms with Crippen LogP contribution in [0, 0.1) is 15.9 Å². The first-order chi connectivity index (χ1) is 8.15. The molecule has 1 aromatic heterocycles. The number of nitro groups is 1. The molecule has 17 heavy (non-hydrogen) atoms. The number of anilines is 1. The van der Waals surface area contributed by atoms with Crippen molar-refractivity contribution in [3.8, 4) is 0 Å². The maximum absolute atomic E-state index is 13.1. The smallest absolute Gasteiger partial charge is 0.274 e. The van der Waals surface area contributed by atoms with Gasteiger partial charge in [-0.3, -0.25) is 10.1 Å². The van der Waals surface area contributed by atoms with Crippen LogP contribution >= 0.6 is 11.3 Å². The van der Waals surface area contributed by atoms with Gasteiger partial charge in [0.15, 0.2) is 0 Å². The Morgan fingerprint density at radius 1 is 1.41 bits per heavy atom. The molecule has 0 radical (unpaired) electrons. The van der Waals surface area contributed by atoms with Gasteiger partial charge in [-0.2, -0.15) is 0 Å². The molecule has 2 aromatic rings. The van der Waals surface area contributed by atoms with E-state index in [4.69, 9.17) is 0 Å². The van der Waals surface area contributed by atoms with E-state index in [1.165, 1.54) is 12.1 Å². The van der Waals surface area contributed by atoms with E-state index in [0.717, 1.165) is 10.9 Å². The van der Waals surface area contributed by atoms with Gasteiger partial charge < -0.3 is 5.32 Å². The van der Waals surface area contributed by atoms with Crippen LogP contribution in [-0.4, -0.2) is 4.92 Å². The summed E-state index contributed by atoms with van der Waals surface area (Å²) >= 11 is 1.57. The Morgan fingerprint density at radius 2 is 2.24 bits per heavy atom. The Bertz CT molecular complexity index is 528. The highest BCUT2D eigenvalue weighted by Gasteiger charge is 2.09. The molecule has 0 saturated carbocycles. The summed E-state index contributed by atoms with van der Waals surface area (Å²) in [6.07, 6.45) is 0. The number of hydrogen-bond donors (Lipinski definition) is 1. The summed E-state index contributed by atoms with van der Waals surface area (Å²) in [5.41, 5.74) is 0.156. The zero-order valence-corrected chi connectivity index (χ0v) is 9.54. The van der Waals surface area contributed by atoms with E-state index in [1.54, 1.807) is 11.3 Å². The second kappa shape index (κ2) is 4.92. The van der Waals surface area contributed by atoms with Crippen molar-refractivity contribution in [3.63, 3.8) is 0 Å². The lowest BCUT2D eigenvalue weighted by Crippen LogP contribution is -1.99. The molecule has 0 aliphatic carbocycles. The highest BCUT2D eigenvalue weighted by Crippen LogP contribution is 2.21. The number of thiophene rings is 1. The number of nitro benzene ring substituents is 1.